The highest BCUT2D eigenvalue weighted by atomic mass is 32.1. The molecule has 8 amide bonds. The van der Waals surface area contributed by atoms with Gasteiger partial charge >= 0.3 is 0 Å². The van der Waals surface area contributed by atoms with Gasteiger partial charge in [0.05, 0.1) is 12.6 Å². The van der Waals surface area contributed by atoms with Gasteiger partial charge in [0.25, 0.3) is 0 Å². The summed E-state index contributed by atoms with van der Waals surface area (Å²) < 4.78 is 0. The van der Waals surface area contributed by atoms with Crippen LogP contribution in [0.5, 0.6) is 0 Å². The number of guanidine groups is 1. The summed E-state index contributed by atoms with van der Waals surface area (Å²) >= 11 is 8.57. The van der Waals surface area contributed by atoms with Crippen LogP contribution in [0.3, 0.4) is 0 Å². The van der Waals surface area contributed by atoms with E-state index in [1.807, 2.05) is 24.3 Å². The van der Waals surface area contributed by atoms with Gasteiger partial charge < -0.3 is 63.3 Å². The fourth-order valence-corrected chi connectivity index (χ4v) is 9.58. The third-order valence-electron chi connectivity index (χ3n) is 12.8. The molecule has 2 aliphatic heterocycles. The lowest BCUT2D eigenvalue weighted by molar-refractivity contribution is -0.147. The number of rotatable bonds is 26. The summed E-state index contributed by atoms with van der Waals surface area (Å²) in [5.41, 5.74) is 13.1. The largest absolute Gasteiger partial charge is 0.394 e. The van der Waals surface area contributed by atoms with Crippen LogP contribution in [0.4, 0.5) is 0 Å². The number of aliphatic hydroxyl groups excluding tert-OH is 1. The van der Waals surface area contributed by atoms with Crippen molar-refractivity contribution in [3.63, 3.8) is 0 Å². The number of aliphatic hydroxyl groups is 1. The monoisotopic (exact) mass is 1050 g/mol. The molecule has 12 N–H and O–H groups in total. The van der Waals surface area contributed by atoms with Gasteiger partial charge in [-0.2, -0.15) is 25.3 Å². The van der Waals surface area contributed by atoms with Crippen LogP contribution >= 0.6 is 25.3 Å². The zero-order chi connectivity index (χ0) is 53.2. The highest BCUT2D eigenvalue weighted by Gasteiger charge is 2.43. The Bertz CT molecular complexity index is 2470. The number of thiol groups is 2. The first-order valence-electron chi connectivity index (χ1n) is 24.3. The Morgan fingerprint density at radius 3 is 1.85 bits per heavy atom. The smallest absolute Gasteiger partial charge is 0.246 e. The summed E-state index contributed by atoms with van der Waals surface area (Å²) in [6.07, 6.45) is 3.79. The maximum absolute atomic E-state index is 14.6. The Morgan fingerprint density at radius 2 is 1.23 bits per heavy atom. The van der Waals surface area contributed by atoms with E-state index in [0.717, 1.165) is 10.9 Å². The number of hydrogen-bond acceptors (Lipinski definition) is 13. The van der Waals surface area contributed by atoms with Crippen molar-refractivity contribution in [1.82, 2.24) is 46.7 Å². The number of H-pyrrole nitrogens is 1. The van der Waals surface area contributed by atoms with Gasteiger partial charge in [0.1, 0.15) is 42.3 Å². The highest BCUT2D eigenvalue weighted by molar-refractivity contribution is 7.80. The van der Waals surface area contributed by atoms with Crippen LogP contribution in [0.25, 0.3) is 10.9 Å². The molecular weight excluding hydrogens is 981 g/mol. The molecule has 2 fully saturated rings. The van der Waals surface area contributed by atoms with E-state index in [-0.39, 0.29) is 74.3 Å². The van der Waals surface area contributed by atoms with Crippen molar-refractivity contribution in [2.75, 3.05) is 37.7 Å². The number of likely N-dealkylation sites (tertiary alicyclic amines) is 2. The normalized spacial score (nSPS) is 17.8. The predicted octanol–water partition coefficient (Wildman–Crippen LogP) is -1.25. The van der Waals surface area contributed by atoms with Crippen LogP contribution in [0.1, 0.15) is 69.9 Å². The number of hydrogen-bond donors (Lipinski definition) is 12. The summed E-state index contributed by atoms with van der Waals surface area (Å²) in [5, 5.41) is 26.8. The quantitative estimate of drug-likeness (QED) is 0.0194. The summed E-state index contributed by atoms with van der Waals surface area (Å²) in [6.45, 7) is 2.46. The second-order valence-electron chi connectivity index (χ2n) is 18.1. The van der Waals surface area contributed by atoms with Gasteiger partial charge in [-0.15, -0.1) is 0 Å². The van der Waals surface area contributed by atoms with Crippen LogP contribution < -0.4 is 43.4 Å². The fraction of sp³-hybridized carbons (Fsp3) is 0.510. The SMILES string of the molecule is CC(=O)N[C@@H](CCS)C(=O)N[C@@H](CO)C(=O)N[C@H](Cc1ccccc1)C(=O)N[C@@H](CCCN=C(N)N)C(=O)N[C@@H](Cc1c[nH]c2ccccc12)C(=O)N[C@@H](CS)C(=O)N1CCC[C@H]1C(=O)N1CCC[C@H]1C(C)=O. The average molecular weight is 1050 g/mol. The molecule has 0 radical (unpaired) electrons. The minimum Gasteiger partial charge on any atom is -0.394 e. The molecule has 0 unspecified atom stereocenters. The molecule has 0 spiro atoms. The van der Waals surface area contributed by atoms with Gasteiger partial charge in [-0.3, -0.25) is 48.1 Å². The van der Waals surface area contributed by atoms with Crippen molar-refractivity contribution < 1.29 is 48.3 Å². The number of Topliss-reactive ketones (excluding diaryl/α,β-unsaturated/α-hetero) is 1. The Kier molecular flexibility index (Phi) is 21.9. The minimum atomic E-state index is -1.56. The maximum Gasteiger partial charge on any atom is 0.246 e. The van der Waals surface area contributed by atoms with E-state index in [2.05, 4.69) is 67.1 Å². The van der Waals surface area contributed by atoms with E-state index in [4.69, 9.17) is 11.5 Å². The number of fused-ring (bicyclic) bond motifs is 1. The van der Waals surface area contributed by atoms with Crippen molar-refractivity contribution in [3.05, 3.63) is 71.9 Å². The first-order valence-corrected chi connectivity index (χ1v) is 25.6. The van der Waals surface area contributed by atoms with Crippen molar-refractivity contribution in [3.8, 4) is 0 Å². The van der Waals surface area contributed by atoms with Gasteiger partial charge in [-0.1, -0.05) is 48.5 Å². The molecule has 22 nitrogen and oxygen atoms in total. The maximum atomic E-state index is 14.6. The molecular formula is C49H68N12O10S2. The first-order chi connectivity index (χ1) is 34.9. The number of aromatic nitrogens is 1. The van der Waals surface area contributed by atoms with Crippen LogP contribution in [0, 0.1) is 0 Å². The first kappa shape index (κ1) is 57.2. The van der Waals surface area contributed by atoms with Crippen molar-refractivity contribution in [1.29, 1.82) is 0 Å². The number of ketones is 1. The zero-order valence-corrected chi connectivity index (χ0v) is 42.8. The Morgan fingerprint density at radius 1 is 0.685 bits per heavy atom. The van der Waals surface area contributed by atoms with Gasteiger partial charge in [0, 0.05) is 62.3 Å². The number of aliphatic imine (C=N–C) groups is 1. The minimum absolute atomic E-state index is 0.0505. The Labute approximate surface area is 434 Å². The van der Waals surface area contributed by atoms with Crippen LogP contribution in [0.2, 0.25) is 0 Å². The van der Waals surface area contributed by atoms with Gasteiger partial charge in [-0.25, -0.2) is 0 Å². The Balaban J connectivity index is 1.41. The number of carbonyl (C=O) groups excluding carboxylic acids is 9. The van der Waals surface area contributed by atoms with Gasteiger partial charge in [0.2, 0.25) is 47.3 Å². The van der Waals surface area contributed by atoms with Crippen LogP contribution in [-0.4, -0.2) is 165 Å². The van der Waals surface area contributed by atoms with E-state index in [0.29, 0.717) is 43.4 Å². The predicted molar refractivity (Wildman–Crippen MR) is 279 cm³/mol. The van der Waals surface area contributed by atoms with Crippen molar-refractivity contribution >= 4 is 95.2 Å². The summed E-state index contributed by atoms with van der Waals surface area (Å²) in [7, 11) is 0. The Hall–Kier alpha value is -6.66. The lowest BCUT2D eigenvalue weighted by Crippen LogP contribution is -2.61. The van der Waals surface area contributed by atoms with E-state index in [1.54, 1.807) is 36.5 Å². The van der Waals surface area contributed by atoms with Crippen molar-refractivity contribution in [2.45, 2.75) is 120 Å². The summed E-state index contributed by atoms with van der Waals surface area (Å²) in [6, 6.07) is 6.51. The number of aromatic amines is 1. The molecule has 0 bridgehead atoms. The van der Waals surface area contributed by atoms with E-state index < -0.39 is 96.3 Å². The average Bonchev–Trinajstić information content (AvgIpc) is 4.16. The van der Waals surface area contributed by atoms with Gasteiger partial charge in [-0.05, 0) is 74.8 Å². The third kappa shape index (κ3) is 16.2. The molecule has 73 heavy (non-hydrogen) atoms. The molecule has 1 aromatic heterocycles. The second-order valence-corrected chi connectivity index (χ2v) is 18.9. The van der Waals surface area contributed by atoms with Crippen molar-refractivity contribution in [2.24, 2.45) is 16.5 Å². The lowest BCUT2D eigenvalue weighted by Gasteiger charge is -2.33. The van der Waals surface area contributed by atoms with E-state index in [1.165, 1.54) is 23.6 Å². The molecule has 2 aromatic carbocycles. The number of amides is 8. The standard InChI is InChI=1S/C49H68N12O10S2/c1-28(63)40-16-9-20-60(40)48(71)41-17-10-21-61(41)47(70)39(27-73)59-45(68)37(24-31-25-53-33-14-7-6-13-32(31)33)57-42(65)34(15-8-19-52-49(50)51)55-44(67)36(23-30-11-4-3-5-12-30)56-46(69)38(26-62)58-43(66)35(18-22-72)54-29(2)64/h3-7,11-14,25,34-41,53,62,72-73H,8-10,15-24,26-27H2,1-2H3,(H,54,64)(H,55,67)(H,56,69)(H,57,65)(H,58,66)(H,59,68)(H4,50,51,52)/t34-,35-,36+,37-,38-,39-,40-,41-/m0/s1. The highest BCUT2D eigenvalue weighted by Crippen LogP contribution is 2.26. The molecule has 24 heteroatoms. The fourth-order valence-electron chi connectivity index (χ4n) is 9.08. The number of benzene rings is 2. The number of nitrogens with two attached hydrogens (primary N) is 2. The molecule has 8 atom stereocenters. The number of nitrogens with one attached hydrogen (secondary N) is 7. The van der Waals surface area contributed by atoms with Crippen LogP contribution in [0.15, 0.2) is 65.8 Å². The molecule has 3 heterocycles. The van der Waals surface area contributed by atoms with E-state index in [9.17, 15) is 48.3 Å². The lowest BCUT2D eigenvalue weighted by atomic mass is 10.0. The molecule has 0 saturated carbocycles. The molecule has 2 saturated heterocycles. The molecule has 2 aliphatic rings. The summed E-state index contributed by atoms with van der Waals surface area (Å²) in [4.78, 5) is 133. The molecule has 0 aliphatic carbocycles. The topological polar surface area (TPSA) is 333 Å². The number of para-hydroxylation sites is 1. The number of carbonyl (C=O) groups is 9. The van der Waals surface area contributed by atoms with Crippen LogP contribution in [-0.2, 0) is 56.0 Å². The summed E-state index contributed by atoms with van der Waals surface area (Å²) in [5.74, 6) is -5.83. The third-order valence-corrected chi connectivity index (χ3v) is 13.4. The zero-order valence-electron chi connectivity index (χ0n) is 41.0. The second kappa shape index (κ2) is 28.0. The molecule has 3 aromatic rings. The van der Waals surface area contributed by atoms with E-state index >= 15 is 0 Å². The molecule has 5 rings (SSSR count). The van der Waals surface area contributed by atoms with Gasteiger partial charge in [0.15, 0.2) is 11.7 Å². The molecule has 396 valence electrons. The number of nitrogens with zero attached hydrogens (tertiary/aromatic N) is 3.